The van der Waals surface area contributed by atoms with Gasteiger partial charge in [-0.1, -0.05) is 30.7 Å². The molecule has 1 amide bonds. The summed E-state index contributed by atoms with van der Waals surface area (Å²) < 4.78 is 0. The zero-order valence-corrected chi connectivity index (χ0v) is 16.5. The fourth-order valence-electron chi connectivity index (χ4n) is 3.57. The van der Waals surface area contributed by atoms with E-state index in [9.17, 15) is 4.79 Å². The molecule has 2 fully saturated rings. The van der Waals surface area contributed by atoms with E-state index >= 15 is 0 Å². The Morgan fingerprint density at radius 3 is 2.36 bits per heavy atom. The molecule has 0 radical (unpaired) electrons. The normalized spacial score (nSPS) is 20.4. The number of piperidine rings is 1. The van der Waals surface area contributed by atoms with E-state index in [0.29, 0.717) is 19.0 Å². The number of likely N-dealkylation sites (tertiary alicyclic amines) is 1. The van der Waals surface area contributed by atoms with E-state index in [4.69, 9.17) is 0 Å². The molecule has 1 unspecified atom stereocenters. The highest BCUT2D eigenvalue weighted by Gasteiger charge is 2.17. The Bertz CT molecular complexity index is 498. The summed E-state index contributed by atoms with van der Waals surface area (Å²) in [5.74, 6) is 0.154. The minimum atomic E-state index is 0. The Kier molecular flexibility index (Phi) is 10.4. The van der Waals surface area contributed by atoms with Crippen molar-refractivity contribution in [2.75, 3.05) is 19.6 Å². The lowest BCUT2D eigenvalue weighted by molar-refractivity contribution is -0.121. The van der Waals surface area contributed by atoms with E-state index in [2.05, 4.69) is 39.8 Å². The van der Waals surface area contributed by atoms with Crippen molar-refractivity contribution in [2.24, 2.45) is 0 Å². The first-order valence-electron chi connectivity index (χ1n) is 9.10. The van der Waals surface area contributed by atoms with Crippen molar-refractivity contribution in [3.8, 4) is 0 Å². The molecule has 0 spiro atoms. The van der Waals surface area contributed by atoms with Gasteiger partial charge in [0.2, 0.25) is 5.91 Å². The molecule has 2 heterocycles. The monoisotopic (exact) mass is 387 g/mol. The third-order valence-electron chi connectivity index (χ3n) is 4.96. The quantitative estimate of drug-likeness (QED) is 0.786. The molecular weight excluding hydrogens is 357 g/mol. The number of nitrogens with zero attached hydrogens (tertiary/aromatic N) is 1. The van der Waals surface area contributed by atoms with Crippen molar-refractivity contribution >= 4 is 30.7 Å². The van der Waals surface area contributed by atoms with Crippen LogP contribution in [0.4, 0.5) is 0 Å². The first-order chi connectivity index (χ1) is 11.3. The highest BCUT2D eigenvalue weighted by molar-refractivity contribution is 5.85. The number of halogens is 2. The molecule has 0 saturated carbocycles. The van der Waals surface area contributed by atoms with Gasteiger partial charge in [0.1, 0.15) is 0 Å². The lowest BCUT2D eigenvalue weighted by atomic mass is 10.1. The van der Waals surface area contributed by atoms with Crippen molar-refractivity contribution in [1.82, 2.24) is 15.5 Å². The minimum Gasteiger partial charge on any atom is -0.352 e. The second kappa shape index (κ2) is 11.7. The van der Waals surface area contributed by atoms with Crippen LogP contribution in [0.5, 0.6) is 0 Å². The fraction of sp³-hybridized carbons (Fsp3) is 0.632. The third kappa shape index (κ3) is 7.53. The van der Waals surface area contributed by atoms with Crippen molar-refractivity contribution in [3.05, 3.63) is 35.4 Å². The van der Waals surface area contributed by atoms with Gasteiger partial charge in [0.15, 0.2) is 0 Å². The van der Waals surface area contributed by atoms with Crippen molar-refractivity contribution < 1.29 is 4.79 Å². The van der Waals surface area contributed by atoms with Crippen LogP contribution >= 0.6 is 24.8 Å². The summed E-state index contributed by atoms with van der Waals surface area (Å²) >= 11 is 0. The molecule has 142 valence electrons. The zero-order chi connectivity index (χ0) is 15.9. The maximum Gasteiger partial charge on any atom is 0.221 e. The lowest BCUT2D eigenvalue weighted by Gasteiger charge is -2.26. The molecule has 0 aliphatic carbocycles. The largest absolute Gasteiger partial charge is 0.352 e. The van der Waals surface area contributed by atoms with E-state index in [-0.39, 0.29) is 30.7 Å². The van der Waals surface area contributed by atoms with Crippen LogP contribution in [0.2, 0.25) is 0 Å². The summed E-state index contributed by atoms with van der Waals surface area (Å²) in [6.07, 6.45) is 6.97. The second-order valence-corrected chi connectivity index (χ2v) is 6.93. The molecule has 3 rings (SSSR count). The summed E-state index contributed by atoms with van der Waals surface area (Å²) in [7, 11) is 0. The topological polar surface area (TPSA) is 44.4 Å². The fourth-order valence-corrected chi connectivity index (χ4v) is 3.57. The van der Waals surface area contributed by atoms with Crippen molar-refractivity contribution in [2.45, 2.75) is 57.7 Å². The number of hydrogen-bond donors (Lipinski definition) is 2. The summed E-state index contributed by atoms with van der Waals surface area (Å²) in [6, 6.07) is 9.08. The molecule has 2 N–H and O–H groups in total. The van der Waals surface area contributed by atoms with Crippen LogP contribution in [-0.2, 0) is 17.9 Å². The molecule has 2 aliphatic heterocycles. The maximum absolute atomic E-state index is 11.9. The molecule has 0 aromatic heterocycles. The molecule has 4 nitrogen and oxygen atoms in total. The molecule has 1 atom stereocenters. The van der Waals surface area contributed by atoms with Gasteiger partial charge in [0.25, 0.3) is 0 Å². The van der Waals surface area contributed by atoms with Crippen LogP contribution in [0.15, 0.2) is 24.3 Å². The van der Waals surface area contributed by atoms with Crippen LogP contribution in [0.3, 0.4) is 0 Å². The number of hydrogen-bond acceptors (Lipinski definition) is 3. The summed E-state index contributed by atoms with van der Waals surface area (Å²) in [4.78, 5) is 14.5. The van der Waals surface area contributed by atoms with Crippen LogP contribution in [0.1, 0.15) is 49.7 Å². The molecule has 6 heteroatoms. The Labute approximate surface area is 163 Å². The van der Waals surface area contributed by atoms with E-state index < -0.39 is 0 Å². The van der Waals surface area contributed by atoms with Crippen LogP contribution < -0.4 is 10.6 Å². The Morgan fingerprint density at radius 1 is 1.04 bits per heavy atom. The molecule has 1 aromatic carbocycles. The Balaban J connectivity index is 0.00000156. The van der Waals surface area contributed by atoms with Gasteiger partial charge >= 0.3 is 0 Å². The van der Waals surface area contributed by atoms with Gasteiger partial charge in [-0.25, -0.2) is 0 Å². The first-order valence-corrected chi connectivity index (χ1v) is 9.10. The Morgan fingerprint density at radius 2 is 1.72 bits per heavy atom. The molecule has 0 bridgehead atoms. The average Bonchev–Trinajstić information content (AvgIpc) is 3.08. The molecule has 2 saturated heterocycles. The predicted molar refractivity (Wildman–Crippen MR) is 108 cm³/mol. The highest BCUT2D eigenvalue weighted by atomic mass is 35.5. The van der Waals surface area contributed by atoms with Crippen LogP contribution in [0, 0.1) is 0 Å². The van der Waals surface area contributed by atoms with Gasteiger partial charge in [-0.05, 0) is 56.4 Å². The summed E-state index contributed by atoms with van der Waals surface area (Å²) in [5.41, 5.74) is 2.55. The van der Waals surface area contributed by atoms with Gasteiger partial charge in [-0.2, -0.15) is 0 Å². The molecule has 1 aromatic rings. The van der Waals surface area contributed by atoms with E-state index in [1.165, 1.54) is 49.9 Å². The van der Waals surface area contributed by atoms with Crippen molar-refractivity contribution in [3.63, 3.8) is 0 Å². The van der Waals surface area contributed by atoms with E-state index in [1.54, 1.807) is 0 Å². The first kappa shape index (κ1) is 22.2. The summed E-state index contributed by atoms with van der Waals surface area (Å²) in [6.45, 7) is 5.20. The van der Waals surface area contributed by atoms with Gasteiger partial charge in [-0.15, -0.1) is 24.8 Å². The number of benzene rings is 1. The maximum atomic E-state index is 11.9. The standard InChI is InChI=1S/C19H29N3O.2ClH/c23-19(13-18-5-4-10-20-18)21-14-16-6-8-17(9-7-16)15-22-11-2-1-3-12-22;;/h6-9,18,20H,1-5,10-15H2,(H,21,23);2*1H. The predicted octanol–water partition coefficient (Wildman–Crippen LogP) is 3.27. The minimum absolute atomic E-state index is 0. The van der Waals surface area contributed by atoms with E-state index in [0.717, 1.165) is 19.5 Å². The van der Waals surface area contributed by atoms with Crippen LogP contribution in [0.25, 0.3) is 0 Å². The lowest BCUT2D eigenvalue weighted by Crippen LogP contribution is -2.31. The number of rotatable bonds is 6. The molecular formula is C19H31Cl2N3O. The van der Waals surface area contributed by atoms with Gasteiger partial charge in [0, 0.05) is 25.6 Å². The van der Waals surface area contributed by atoms with Gasteiger partial charge in [-0.3, -0.25) is 9.69 Å². The number of carbonyl (C=O) groups is 1. The highest BCUT2D eigenvalue weighted by Crippen LogP contribution is 2.14. The Hall–Kier alpha value is -0.810. The smallest absolute Gasteiger partial charge is 0.221 e. The SMILES string of the molecule is Cl.Cl.O=C(CC1CCCN1)NCc1ccc(CN2CCCCC2)cc1. The van der Waals surface area contributed by atoms with Crippen molar-refractivity contribution in [1.29, 1.82) is 0 Å². The second-order valence-electron chi connectivity index (χ2n) is 6.93. The van der Waals surface area contributed by atoms with Crippen LogP contribution in [-0.4, -0.2) is 36.5 Å². The molecule has 2 aliphatic rings. The third-order valence-corrected chi connectivity index (χ3v) is 4.96. The number of carbonyl (C=O) groups excluding carboxylic acids is 1. The zero-order valence-electron chi connectivity index (χ0n) is 14.8. The van der Waals surface area contributed by atoms with Gasteiger partial charge in [0.05, 0.1) is 0 Å². The number of nitrogens with one attached hydrogen (secondary N) is 2. The number of amides is 1. The average molecular weight is 388 g/mol. The van der Waals surface area contributed by atoms with E-state index in [1.807, 2.05) is 0 Å². The summed E-state index contributed by atoms with van der Waals surface area (Å²) in [5, 5.41) is 6.40. The molecule has 25 heavy (non-hydrogen) atoms. The van der Waals surface area contributed by atoms with Gasteiger partial charge < -0.3 is 10.6 Å².